The standard InChI is InChI=1S/C32H38F6N2O5/c1-19(17-30(3,4)12-8-9-21-15-25(10-11-26(21)43-6)39(5)28(41)44-7)18-40-20(2)27(45-29(40)42)22-13-23(31(33,34)35)16-24(14-22)32(36,37)38/h10-11,13-16,20,27H,1,8-9,12,17-18H2,2-7H3/t20-,27-/m0/s1. The number of anilines is 1. The van der Waals surface area contributed by atoms with Crippen LogP contribution in [0.2, 0.25) is 0 Å². The Bertz CT molecular complexity index is 1370. The molecule has 0 bridgehead atoms. The molecule has 0 N–H and O–H groups in total. The summed E-state index contributed by atoms with van der Waals surface area (Å²) in [6.07, 6.45) is -10.1. The molecular weight excluding hydrogens is 606 g/mol. The van der Waals surface area contributed by atoms with E-state index in [0.29, 0.717) is 42.0 Å². The number of hydrogen-bond donors (Lipinski definition) is 0. The van der Waals surface area contributed by atoms with E-state index in [1.165, 1.54) is 23.8 Å². The third-order valence-electron chi connectivity index (χ3n) is 7.85. The van der Waals surface area contributed by atoms with Gasteiger partial charge in [-0.3, -0.25) is 9.80 Å². The van der Waals surface area contributed by atoms with Crippen molar-refractivity contribution in [2.75, 3.05) is 32.7 Å². The van der Waals surface area contributed by atoms with Gasteiger partial charge in [-0.05, 0) is 85.5 Å². The number of methoxy groups -OCH3 is 2. The molecule has 45 heavy (non-hydrogen) atoms. The molecule has 0 aliphatic carbocycles. The van der Waals surface area contributed by atoms with E-state index in [1.54, 1.807) is 26.3 Å². The summed E-state index contributed by atoms with van der Waals surface area (Å²) < 4.78 is 95.9. The first-order chi connectivity index (χ1) is 20.8. The SMILES string of the molecule is C=C(CN1C(=O)O[C@H](c2cc(C(F)(F)F)cc(C(F)(F)F)c2)[C@@H]1C)CC(C)(C)CCCc1cc(N(C)C(=O)OC)ccc1OC. The molecule has 2 amide bonds. The van der Waals surface area contributed by atoms with Crippen molar-refractivity contribution in [3.8, 4) is 5.75 Å². The van der Waals surface area contributed by atoms with Crippen LogP contribution in [0.3, 0.4) is 0 Å². The summed E-state index contributed by atoms with van der Waals surface area (Å²) in [5.74, 6) is 0.679. The van der Waals surface area contributed by atoms with Crippen LogP contribution >= 0.6 is 0 Å². The number of nitrogens with zero attached hydrogens (tertiary/aromatic N) is 2. The molecule has 7 nitrogen and oxygen atoms in total. The predicted molar refractivity (Wildman–Crippen MR) is 156 cm³/mol. The first-order valence-electron chi connectivity index (χ1n) is 14.2. The summed E-state index contributed by atoms with van der Waals surface area (Å²) in [7, 11) is 4.46. The molecule has 0 aromatic heterocycles. The van der Waals surface area contributed by atoms with Crippen molar-refractivity contribution in [1.82, 2.24) is 4.90 Å². The Morgan fingerprint density at radius 3 is 2.16 bits per heavy atom. The van der Waals surface area contributed by atoms with Crippen LogP contribution in [0.4, 0.5) is 41.6 Å². The second-order valence-electron chi connectivity index (χ2n) is 12.0. The van der Waals surface area contributed by atoms with E-state index < -0.39 is 47.8 Å². The molecule has 248 valence electrons. The van der Waals surface area contributed by atoms with Gasteiger partial charge in [-0.2, -0.15) is 26.3 Å². The first kappa shape index (κ1) is 35.6. The maximum atomic E-state index is 13.4. The van der Waals surface area contributed by atoms with Crippen molar-refractivity contribution in [3.63, 3.8) is 0 Å². The van der Waals surface area contributed by atoms with Crippen molar-refractivity contribution in [1.29, 1.82) is 0 Å². The topological polar surface area (TPSA) is 68.3 Å². The molecule has 13 heteroatoms. The molecule has 1 aliphatic rings. The van der Waals surface area contributed by atoms with Crippen molar-refractivity contribution < 1.29 is 50.1 Å². The molecule has 3 rings (SSSR count). The summed E-state index contributed by atoms with van der Waals surface area (Å²) in [4.78, 5) is 27.3. The minimum absolute atomic E-state index is 0.0285. The quantitative estimate of drug-likeness (QED) is 0.181. The molecule has 1 heterocycles. The molecule has 0 spiro atoms. The molecule has 0 radical (unpaired) electrons. The van der Waals surface area contributed by atoms with Gasteiger partial charge in [-0.15, -0.1) is 0 Å². The summed E-state index contributed by atoms with van der Waals surface area (Å²) >= 11 is 0. The fourth-order valence-electron chi connectivity index (χ4n) is 5.53. The minimum atomic E-state index is -5.02. The molecule has 2 aromatic rings. The number of cyclic esters (lactones) is 1. The average Bonchev–Trinajstić information content (AvgIpc) is 3.23. The molecule has 2 aromatic carbocycles. The number of rotatable bonds is 11. The Morgan fingerprint density at radius 1 is 1.02 bits per heavy atom. The van der Waals surface area contributed by atoms with Gasteiger partial charge in [-0.1, -0.05) is 26.0 Å². The third kappa shape index (κ3) is 8.85. The van der Waals surface area contributed by atoms with E-state index in [-0.39, 0.29) is 23.6 Å². The highest BCUT2D eigenvalue weighted by molar-refractivity contribution is 5.87. The summed E-state index contributed by atoms with van der Waals surface area (Å²) in [5.41, 5.74) is -1.38. The zero-order valence-electron chi connectivity index (χ0n) is 26.1. The van der Waals surface area contributed by atoms with Crippen molar-refractivity contribution >= 4 is 17.9 Å². The highest BCUT2D eigenvalue weighted by Crippen LogP contribution is 2.41. The van der Waals surface area contributed by atoms with E-state index in [2.05, 4.69) is 6.58 Å². The van der Waals surface area contributed by atoms with Crippen molar-refractivity contribution in [3.05, 3.63) is 70.8 Å². The second kappa shape index (κ2) is 13.6. The summed E-state index contributed by atoms with van der Waals surface area (Å²) in [5, 5.41) is 0. The van der Waals surface area contributed by atoms with Crippen LogP contribution in [0.1, 0.15) is 68.4 Å². The molecule has 0 unspecified atom stereocenters. The second-order valence-corrected chi connectivity index (χ2v) is 12.0. The minimum Gasteiger partial charge on any atom is -0.496 e. The molecular formula is C32H38F6N2O5. The van der Waals surface area contributed by atoms with Gasteiger partial charge in [0.25, 0.3) is 0 Å². The van der Waals surface area contributed by atoms with Crippen LogP contribution in [-0.4, -0.2) is 50.9 Å². The lowest BCUT2D eigenvalue weighted by Crippen LogP contribution is -2.34. The number of benzene rings is 2. The van der Waals surface area contributed by atoms with Gasteiger partial charge in [0, 0.05) is 19.3 Å². The Morgan fingerprint density at radius 2 is 1.62 bits per heavy atom. The molecule has 2 atom stereocenters. The Balaban J connectivity index is 1.66. The highest BCUT2D eigenvalue weighted by atomic mass is 19.4. The fourth-order valence-corrected chi connectivity index (χ4v) is 5.53. The van der Waals surface area contributed by atoms with Gasteiger partial charge >= 0.3 is 24.5 Å². The zero-order valence-corrected chi connectivity index (χ0v) is 26.1. The maximum Gasteiger partial charge on any atom is 0.416 e. The van der Waals surface area contributed by atoms with E-state index in [1.807, 2.05) is 19.9 Å². The third-order valence-corrected chi connectivity index (χ3v) is 7.85. The van der Waals surface area contributed by atoms with E-state index in [4.69, 9.17) is 14.2 Å². The smallest absolute Gasteiger partial charge is 0.416 e. The molecule has 1 fully saturated rings. The summed E-state index contributed by atoms with van der Waals surface area (Å²) in [6, 6.07) is 5.77. The van der Waals surface area contributed by atoms with Crippen LogP contribution in [0.5, 0.6) is 5.75 Å². The Labute approximate surface area is 258 Å². The lowest BCUT2D eigenvalue weighted by atomic mass is 9.80. The van der Waals surface area contributed by atoms with Gasteiger partial charge in [0.15, 0.2) is 0 Å². The lowest BCUT2D eigenvalue weighted by Gasteiger charge is -2.29. The van der Waals surface area contributed by atoms with Crippen LogP contribution in [-0.2, 0) is 28.2 Å². The van der Waals surface area contributed by atoms with E-state index >= 15 is 0 Å². The number of aryl methyl sites for hydroxylation is 1. The fraction of sp³-hybridized carbons (Fsp3) is 0.500. The first-order valence-corrected chi connectivity index (χ1v) is 14.2. The van der Waals surface area contributed by atoms with Gasteiger partial charge in [0.2, 0.25) is 0 Å². The largest absolute Gasteiger partial charge is 0.496 e. The number of carbonyl (C=O) groups excluding carboxylic acids is 2. The van der Waals surface area contributed by atoms with Crippen LogP contribution in [0.25, 0.3) is 0 Å². The lowest BCUT2D eigenvalue weighted by molar-refractivity contribution is -0.143. The number of ether oxygens (including phenoxy) is 3. The normalized spacial score (nSPS) is 17.2. The number of carbonyl (C=O) groups is 2. The van der Waals surface area contributed by atoms with Crippen LogP contribution in [0, 0.1) is 5.41 Å². The van der Waals surface area contributed by atoms with Gasteiger partial charge in [0.1, 0.15) is 11.9 Å². The van der Waals surface area contributed by atoms with Crippen LogP contribution in [0.15, 0.2) is 48.6 Å². The van der Waals surface area contributed by atoms with E-state index in [0.717, 1.165) is 18.4 Å². The molecule has 1 saturated heterocycles. The van der Waals surface area contributed by atoms with Gasteiger partial charge in [0.05, 0.1) is 31.4 Å². The summed E-state index contributed by atoms with van der Waals surface area (Å²) in [6.45, 7) is 9.71. The van der Waals surface area contributed by atoms with Crippen LogP contribution < -0.4 is 9.64 Å². The van der Waals surface area contributed by atoms with E-state index in [9.17, 15) is 35.9 Å². The number of halogens is 6. The highest BCUT2D eigenvalue weighted by Gasteiger charge is 2.43. The zero-order chi connectivity index (χ0) is 33.9. The van der Waals surface area contributed by atoms with Gasteiger partial charge in [-0.25, -0.2) is 9.59 Å². The Kier molecular flexibility index (Phi) is 10.8. The number of amides is 2. The average molecular weight is 645 g/mol. The van der Waals surface area contributed by atoms with Gasteiger partial charge < -0.3 is 14.2 Å². The van der Waals surface area contributed by atoms with Crippen molar-refractivity contribution in [2.24, 2.45) is 5.41 Å². The Hall–Kier alpha value is -3.90. The van der Waals surface area contributed by atoms with Crippen molar-refractivity contribution in [2.45, 2.75) is 71.0 Å². The molecule has 1 aliphatic heterocycles. The monoisotopic (exact) mass is 644 g/mol. The number of alkyl halides is 6. The maximum absolute atomic E-state index is 13.4. The predicted octanol–water partition coefficient (Wildman–Crippen LogP) is 8.81. The number of hydrogen-bond acceptors (Lipinski definition) is 5. The molecule has 0 saturated carbocycles.